The number of carbonyl (C=O) groups excluding carboxylic acids is 1. The first-order chi connectivity index (χ1) is 12.8. The SMILES string of the molecule is COc1ccc(CCC(=O)N(CCc2ccccc2)C2CCCC2)cc1. The molecule has 3 heteroatoms. The topological polar surface area (TPSA) is 29.5 Å². The van der Waals surface area contributed by atoms with E-state index < -0.39 is 0 Å². The zero-order chi connectivity index (χ0) is 18.2. The standard InChI is InChI=1S/C23H29NO2/c1-26-22-14-11-20(12-15-22)13-16-23(25)24(21-9-5-6-10-21)18-17-19-7-3-2-4-8-19/h2-4,7-8,11-12,14-15,21H,5-6,9-10,13,16-18H2,1H3. The molecule has 26 heavy (non-hydrogen) atoms. The summed E-state index contributed by atoms with van der Waals surface area (Å²) in [6.07, 6.45) is 7.11. The molecule has 0 unspecified atom stereocenters. The van der Waals surface area contributed by atoms with E-state index in [1.807, 2.05) is 18.2 Å². The predicted octanol–water partition coefficient (Wildman–Crippen LogP) is 4.64. The maximum atomic E-state index is 12.9. The van der Waals surface area contributed by atoms with E-state index >= 15 is 0 Å². The first-order valence-corrected chi connectivity index (χ1v) is 9.72. The lowest BCUT2D eigenvalue weighted by Crippen LogP contribution is -2.40. The van der Waals surface area contributed by atoms with Crippen molar-refractivity contribution >= 4 is 5.91 Å². The van der Waals surface area contributed by atoms with Gasteiger partial charge in [0.2, 0.25) is 5.91 Å². The molecule has 1 amide bonds. The van der Waals surface area contributed by atoms with Crippen LogP contribution in [0.25, 0.3) is 0 Å². The van der Waals surface area contributed by atoms with Crippen molar-refractivity contribution in [2.75, 3.05) is 13.7 Å². The van der Waals surface area contributed by atoms with Crippen molar-refractivity contribution in [3.63, 3.8) is 0 Å². The molecule has 2 aromatic rings. The van der Waals surface area contributed by atoms with Gasteiger partial charge in [-0.25, -0.2) is 0 Å². The molecule has 1 fully saturated rings. The predicted molar refractivity (Wildman–Crippen MR) is 105 cm³/mol. The summed E-state index contributed by atoms with van der Waals surface area (Å²) in [7, 11) is 1.67. The Balaban J connectivity index is 1.58. The molecule has 0 bridgehead atoms. The summed E-state index contributed by atoms with van der Waals surface area (Å²) in [5.41, 5.74) is 2.49. The molecule has 0 aromatic heterocycles. The molecule has 0 spiro atoms. The minimum absolute atomic E-state index is 0.295. The fourth-order valence-electron chi connectivity index (χ4n) is 3.81. The third-order valence-corrected chi connectivity index (χ3v) is 5.36. The van der Waals surface area contributed by atoms with E-state index in [-0.39, 0.29) is 0 Å². The molecule has 0 atom stereocenters. The Labute approximate surface area is 157 Å². The molecule has 3 rings (SSSR count). The second-order valence-electron chi connectivity index (χ2n) is 7.11. The van der Waals surface area contributed by atoms with Crippen molar-refractivity contribution < 1.29 is 9.53 Å². The van der Waals surface area contributed by atoms with Gasteiger partial charge in [0.15, 0.2) is 0 Å². The lowest BCUT2D eigenvalue weighted by molar-refractivity contribution is -0.133. The molecule has 0 saturated heterocycles. The van der Waals surface area contributed by atoms with E-state index in [1.54, 1.807) is 7.11 Å². The van der Waals surface area contributed by atoms with Gasteiger partial charge in [-0.3, -0.25) is 4.79 Å². The first-order valence-electron chi connectivity index (χ1n) is 9.72. The van der Waals surface area contributed by atoms with Crippen molar-refractivity contribution in [3.8, 4) is 5.75 Å². The van der Waals surface area contributed by atoms with Gasteiger partial charge in [-0.2, -0.15) is 0 Å². The molecular formula is C23H29NO2. The van der Waals surface area contributed by atoms with E-state index in [1.165, 1.54) is 24.0 Å². The smallest absolute Gasteiger partial charge is 0.223 e. The summed E-state index contributed by atoms with van der Waals surface area (Å²) in [6, 6.07) is 18.9. The fourth-order valence-corrected chi connectivity index (χ4v) is 3.81. The van der Waals surface area contributed by atoms with Crippen LogP contribution >= 0.6 is 0 Å². The molecule has 2 aromatic carbocycles. The van der Waals surface area contributed by atoms with Gasteiger partial charge in [-0.15, -0.1) is 0 Å². The van der Waals surface area contributed by atoms with Gasteiger partial charge >= 0.3 is 0 Å². The number of nitrogens with zero attached hydrogens (tertiary/aromatic N) is 1. The van der Waals surface area contributed by atoms with E-state index in [9.17, 15) is 4.79 Å². The molecule has 0 aliphatic heterocycles. The van der Waals surface area contributed by atoms with Crippen molar-refractivity contribution in [3.05, 3.63) is 65.7 Å². The van der Waals surface area contributed by atoms with Gasteiger partial charge in [0, 0.05) is 19.0 Å². The molecule has 3 nitrogen and oxygen atoms in total. The first kappa shape index (κ1) is 18.5. The van der Waals surface area contributed by atoms with Gasteiger partial charge in [-0.1, -0.05) is 55.3 Å². The number of carbonyl (C=O) groups is 1. The van der Waals surface area contributed by atoms with E-state index in [2.05, 4.69) is 41.3 Å². The van der Waals surface area contributed by atoms with Crippen molar-refractivity contribution in [1.29, 1.82) is 0 Å². The second kappa shape index (κ2) is 9.42. The van der Waals surface area contributed by atoms with Crippen LogP contribution in [0, 0.1) is 0 Å². The number of amides is 1. The fraction of sp³-hybridized carbons (Fsp3) is 0.435. The number of aryl methyl sites for hydroxylation is 1. The number of benzene rings is 2. The van der Waals surface area contributed by atoms with Gasteiger partial charge in [0.05, 0.1) is 7.11 Å². The molecule has 0 N–H and O–H groups in total. The Bertz CT molecular complexity index is 675. The summed E-state index contributed by atoms with van der Waals surface area (Å²) in [4.78, 5) is 15.1. The van der Waals surface area contributed by atoms with Crippen LogP contribution in [0.15, 0.2) is 54.6 Å². The Morgan fingerprint density at radius 1 is 0.962 bits per heavy atom. The zero-order valence-electron chi connectivity index (χ0n) is 15.7. The third-order valence-electron chi connectivity index (χ3n) is 5.36. The molecule has 1 aliphatic carbocycles. The largest absolute Gasteiger partial charge is 0.497 e. The van der Waals surface area contributed by atoms with E-state index in [4.69, 9.17) is 4.74 Å². The number of ether oxygens (including phenoxy) is 1. The van der Waals surface area contributed by atoms with E-state index in [0.717, 1.165) is 38.0 Å². The van der Waals surface area contributed by atoms with Crippen molar-refractivity contribution in [2.45, 2.75) is 51.0 Å². The number of hydrogen-bond donors (Lipinski definition) is 0. The maximum Gasteiger partial charge on any atom is 0.223 e. The molecule has 0 heterocycles. The highest BCUT2D eigenvalue weighted by atomic mass is 16.5. The third kappa shape index (κ3) is 5.10. The number of methoxy groups -OCH3 is 1. The summed E-state index contributed by atoms with van der Waals surface area (Å²) in [5, 5.41) is 0. The lowest BCUT2D eigenvalue weighted by Gasteiger charge is -2.29. The Morgan fingerprint density at radius 2 is 1.62 bits per heavy atom. The number of hydrogen-bond acceptors (Lipinski definition) is 2. The van der Waals surface area contributed by atoms with Crippen LogP contribution in [0.5, 0.6) is 5.75 Å². The molecular weight excluding hydrogens is 322 g/mol. The Kier molecular flexibility index (Phi) is 6.70. The van der Waals surface area contributed by atoms with Gasteiger partial charge in [0.25, 0.3) is 0 Å². The van der Waals surface area contributed by atoms with Crippen LogP contribution in [0.3, 0.4) is 0 Å². The average molecular weight is 351 g/mol. The van der Waals surface area contributed by atoms with Crippen molar-refractivity contribution in [2.24, 2.45) is 0 Å². The Morgan fingerprint density at radius 3 is 2.27 bits per heavy atom. The maximum absolute atomic E-state index is 12.9. The Hall–Kier alpha value is -2.29. The van der Waals surface area contributed by atoms with Crippen LogP contribution in [0.4, 0.5) is 0 Å². The average Bonchev–Trinajstić information content (AvgIpc) is 3.22. The van der Waals surface area contributed by atoms with Crippen LogP contribution in [0.1, 0.15) is 43.2 Å². The van der Waals surface area contributed by atoms with Crippen molar-refractivity contribution in [1.82, 2.24) is 4.90 Å². The lowest BCUT2D eigenvalue weighted by atomic mass is 10.1. The molecule has 1 aliphatic rings. The minimum Gasteiger partial charge on any atom is -0.497 e. The number of rotatable bonds is 8. The van der Waals surface area contributed by atoms with E-state index in [0.29, 0.717) is 18.4 Å². The van der Waals surface area contributed by atoms with Crippen LogP contribution in [-0.4, -0.2) is 30.5 Å². The highest BCUT2D eigenvalue weighted by Gasteiger charge is 2.26. The van der Waals surface area contributed by atoms with Crippen LogP contribution in [0.2, 0.25) is 0 Å². The van der Waals surface area contributed by atoms with Crippen LogP contribution in [-0.2, 0) is 17.6 Å². The van der Waals surface area contributed by atoms with Gasteiger partial charge < -0.3 is 9.64 Å². The highest BCUT2D eigenvalue weighted by Crippen LogP contribution is 2.25. The monoisotopic (exact) mass is 351 g/mol. The normalized spacial score (nSPS) is 14.3. The second-order valence-corrected chi connectivity index (χ2v) is 7.11. The van der Waals surface area contributed by atoms with Gasteiger partial charge in [0.1, 0.15) is 5.75 Å². The minimum atomic E-state index is 0.295. The molecule has 1 saturated carbocycles. The summed E-state index contributed by atoms with van der Waals surface area (Å²) >= 11 is 0. The van der Waals surface area contributed by atoms with Crippen LogP contribution < -0.4 is 4.74 Å². The quantitative estimate of drug-likeness (QED) is 0.693. The highest BCUT2D eigenvalue weighted by molar-refractivity contribution is 5.77. The summed E-state index contributed by atoms with van der Waals surface area (Å²) in [6.45, 7) is 0.829. The zero-order valence-corrected chi connectivity index (χ0v) is 15.7. The van der Waals surface area contributed by atoms with Gasteiger partial charge in [-0.05, 0) is 48.9 Å². The molecule has 0 radical (unpaired) electrons. The molecule has 138 valence electrons. The summed E-state index contributed by atoms with van der Waals surface area (Å²) in [5.74, 6) is 1.15. The summed E-state index contributed by atoms with van der Waals surface area (Å²) < 4.78 is 5.20.